The average molecular weight is 287 g/mol. The van der Waals surface area contributed by atoms with E-state index in [0.29, 0.717) is 18.8 Å². The first-order chi connectivity index (χ1) is 9.08. The van der Waals surface area contributed by atoms with Gasteiger partial charge < -0.3 is 15.0 Å². The number of carbonyl (C=O) groups excluding carboxylic acids is 1. The normalized spacial score (nSPS) is 17.1. The van der Waals surface area contributed by atoms with Crippen molar-refractivity contribution in [1.82, 2.24) is 10.2 Å². The van der Waals surface area contributed by atoms with Crippen molar-refractivity contribution in [3.05, 3.63) is 29.0 Å². The SMILES string of the molecule is CC(Oc1ccc(Cl)c(F)c1)C(=O)N1CCNCC1. The van der Waals surface area contributed by atoms with Crippen LogP contribution in [0.3, 0.4) is 0 Å². The van der Waals surface area contributed by atoms with Crippen molar-refractivity contribution in [3.8, 4) is 5.75 Å². The number of benzene rings is 1. The molecule has 1 atom stereocenters. The van der Waals surface area contributed by atoms with E-state index in [1.807, 2.05) is 0 Å². The van der Waals surface area contributed by atoms with Crippen molar-refractivity contribution < 1.29 is 13.9 Å². The molecule has 2 rings (SSSR count). The molecular weight excluding hydrogens is 271 g/mol. The lowest BCUT2D eigenvalue weighted by atomic mass is 10.2. The number of hydrogen-bond acceptors (Lipinski definition) is 3. The molecule has 1 fully saturated rings. The van der Waals surface area contributed by atoms with Gasteiger partial charge in [0, 0.05) is 32.2 Å². The van der Waals surface area contributed by atoms with Crippen molar-refractivity contribution in [2.24, 2.45) is 0 Å². The number of amides is 1. The number of nitrogens with zero attached hydrogens (tertiary/aromatic N) is 1. The Morgan fingerprint density at radius 3 is 2.79 bits per heavy atom. The zero-order valence-electron chi connectivity index (χ0n) is 10.7. The van der Waals surface area contributed by atoms with E-state index in [-0.39, 0.29) is 10.9 Å². The Morgan fingerprint density at radius 2 is 2.16 bits per heavy atom. The first kappa shape index (κ1) is 14.1. The molecule has 1 aliphatic heterocycles. The summed E-state index contributed by atoms with van der Waals surface area (Å²) in [5.74, 6) is -0.337. The molecule has 1 aliphatic rings. The Morgan fingerprint density at radius 1 is 1.47 bits per heavy atom. The molecule has 1 aromatic rings. The lowest BCUT2D eigenvalue weighted by molar-refractivity contribution is -0.138. The largest absolute Gasteiger partial charge is 0.481 e. The van der Waals surface area contributed by atoms with Gasteiger partial charge in [-0.3, -0.25) is 4.79 Å². The summed E-state index contributed by atoms with van der Waals surface area (Å²) in [4.78, 5) is 13.9. The van der Waals surface area contributed by atoms with Crippen LogP contribution in [0.5, 0.6) is 5.75 Å². The molecule has 0 saturated carbocycles. The molecule has 6 heteroatoms. The van der Waals surface area contributed by atoms with Gasteiger partial charge in [0.05, 0.1) is 5.02 Å². The Bertz CT molecular complexity index is 464. The van der Waals surface area contributed by atoms with Crippen molar-refractivity contribution >= 4 is 17.5 Å². The Labute approximate surface area is 116 Å². The Hall–Kier alpha value is -1.33. The maximum Gasteiger partial charge on any atom is 0.263 e. The van der Waals surface area contributed by atoms with Gasteiger partial charge in [0.1, 0.15) is 11.6 Å². The fraction of sp³-hybridized carbons (Fsp3) is 0.462. The summed E-state index contributed by atoms with van der Waals surface area (Å²) in [7, 11) is 0. The minimum atomic E-state index is -0.640. The molecule has 0 bridgehead atoms. The van der Waals surface area contributed by atoms with Crippen LogP contribution in [-0.4, -0.2) is 43.1 Å². The van der Waals surface area contributed by atoms with E-state index in [0.717, 1.165) is 13.1 Å². The molecule has 4 nitrogen and oxygen atoms in total. The van der Waals surface area contributed by atoms with E-state index in [4.69, 9.17) is 16.3 Å². The molecule has 0 radical (unpaired) electrons. The van der Waals surface area contributed by atoms with Crippen LogP contribution < -0.4 is 10.1 Å². The van der Waals surface area contributed by atoms with Gasteiger partial charge in [-0.25, -0.2) is 4.39 Å². The maximum atomic E-state index is 13.3. The van der Waals surface area contributed by atoms with E-state index < -0.39 is 11.9 Å². The quantitative estimate of drug-likeness (QED) is 0.919. The molecule has 0 aliphatic carbocycles. The summed E-state index contributed by atoms with van der Waals surface area (Å²) in [6.07, 6.45) is -0.640. The van der Waals surface area contributed by atoms with E-state index in [2.05, 4.69) is 5.32 Å². The molecule has 0 spiro atoms. The van der Waals surface area contributed by atoms with Crippen LogP contribution in [0.1, 0.15) is 6.92 Å². The number of halogens is 2. The standard InChI is InChI=1S/C13H16ClFN2O2/c1-9(13(18)17-6-4-16-5-7-17)19-10-2-3-11(14)12(15)8-10/h2-3,8-9,16H,4-7H2,1H3. The lowest BCUT2D eigenvalue weighted by Crippen LogP contribution is -2.50. The van der Waals surface area contributed by atoms with Crippen LogP contribution in [0.25, 0.3) is 0 Å². The van der Waals surface area contributed by atoms with Gasteiger partial charge in [0.25, 0.3) is 5.91 Å². The molecular formula is C13H16ClFN2O2. The summed E-state index contributed by atoms with van der Waals surface area (Å²) >= 11 is 5.59. The van der Waals surface area contributed by atoms with Crippen LogP contribution in [-0.2, 0) is 4.79 Å². The Balaban J connectivity index is 1.97. The molecule has 1 aromatic carbocycles. The lowest BCUT2D eigenvalue weighted by Gasteiger charge is -2.29. The highest BCUT2D eigenvalue weighted by atomic mass is 35.5. The molecule has 1 unspecified atom stereocenters. The number of rotatable bonds is 3. The first-order valence-electron chi connectivity index (χ1n) is 6.19. The van der Waals surface area contributed by atoms with E-state index in [1.54, 1.807) is 17.9 Å². The summed E-state index contributed by atoms with van der Waals surface area (Å²) < 4.78 is 18.7. The highest BCUT2D eigenvalue weighted by Crippen LogP contribution is 2.21. The summed E-state index contributed by atoms with van der Waals surface area (Å²) in [5, 5.41) is 3.21. The zero-order valence-corrected chi connectivity index (χ0v) is 11.4. The first-order valence-corrected chi connectivity index (χ1v) is 6.57. The molecule has 1 N–H and O–H groups in total. The highest BCUT2D eigenvalue weighted by molar-refractivity contribution is 6.30. The average Bonchev–Trinajstić information content (AvgIpc) is 2.43. The number of ether oxygens (including phenoxy) is 1. The van der Waals surface area contributed by atoms with Crippen molar-refractivity contribution in [1.29, 1.82) is 0 Å². The smallest absolute Gasteiger partial charge is 0.263 e. The van der Waals surface area contributed by atoms with Gasteiger partial charge in [-0.1, -0.05) is 11.6 Å². The van der Waals surface area contributed by atoms with Gasteiger partial charge in [0.2, 0.25) is 0 Å². The van der Waals surface area contributed by atoms with Gasteiger partial charge >= 0.3 is 0 Å². The second-order valence-electron chi connectivity index (χ2n) is 4.41. The monoisotopic (exact) mass is 286 g/mol. The number of hydrogen-bond donors (Lipinski definition) is 1. The van der Waals surface area contributed by atoms with Gasteiger partial charge in [-0.05, 0) is 19.1 Å². The van der Waals surface area contributed by atoms with Crippen LogP contribution >= 0.6 is 11.6 Å². The maximum absolute atomic E-state index is 13.3. The highest BCUT2D eigenvalue weighted by Gasteiger charge is 2.23. The predicted molar refractivity (Wildman–Crippen MR) is 70.9 cm³/mol. The Kier molecular flexibility index (Phi) is 4.61. The molecule has 1 heterocycles. The van der Waals surface area contributed by atoms with Crippen molar-refractivity contribution in [2.45, 2.75) is 13.0 Å². The zero-order chi connectivity index (χ0) is 13.8. The number of piperazine rings is 1. The summed E-state index contributed by atoms with van der Waals surface area (Å²) in [6, 6.07) is 4.14. The van der Waals surface area contributed by atoms with E-state index in [1.165, 1.54) is 12.1 Å². The van der Waals surface area contributed by atoms with Gasteiger partial charge in [-0.2, -0.15) is 0 Å². The summed E-state index contributed by atoms with van der Waals surface area (Å²) in [5.41, 5.74) is 0. The number of nitrogens with one attached hydrogen (secondary N) is 1. The molecule has 1 saturated heterocycles. The fourth-order valence-corrected chi connectivity index (χ4v) is 2.06. The van der Waals surface area contributed by atoms with Crippen molar-refractivity contribution in [3.63, 3.8) is 0 Å². The molecule has 0 aromatic heterocycles. The second-order valence-corrected chi connectivity index (χ2v) is 4.82. The van der Waals surface area contributed by atoms with Gasteiger partial charge in [-0.15, -0.1) is 0 Å². The van der Waals surface area contributed by atoms with Crippen LogP contribution in [0.15, 0.2) is 18.2 Å². The minimum absolute atomic E-state index is 0.0356. The minimum Gasteiger partial charge on any atom is -0.481 e. The third kappa shape index (κ3) is 3.58. The second kappa shape index (κ2) is 6.21. The van der Waals surface area contributed by atoms with Crippen LogP contribution in [0.2, 0.25) is 5.02 Å². The molecule has 19 heavy (non-hydrogen) atoms. The topological polar surface area (TPSA) is 41.6 Å². The fourth-order valence-electron chi connectivity index (χ4n) is 1.95. The van der Waals surface area contributed by atoms with Gasteiger partial charge in [0.15, 0.2) is 6.10 Å². The van der Waals surface area contributed by atoms with Crippen LogP contribution in [0.4, 0.5) is 4.39 Å². The third-order valence-corrected chi connectivity index (χ3v) is 3.29. The molecule has 1 amide bonds. The summed E-state index contributed by atoms with van der Waals surface area (Å²) in [6.45, 7) is 4.57. The predicted octanol–water partition coefficient (Wildman–Crippen LogP) is 1.68. The number of carbonyl (C=O) groups is 1. The van der Waals surface area contributed by atoms with E-state index in [9.17, 15) is 9.18 Å². The molecule has 104 valence electrons. The van der Waals surface area contributed by atoms with E-state index >= 15 is 0 Å². The van der Waals surface area contributed by atoms with Crippen molar-refractivity contribution in [2.75, 3.05) is 26.2 Å². The third-order valence-electron chi connectivity index (χ3n) is 2.98. The van der Waals surface area contributed by atoms with Crippen LogP contribution in [0, 0.1) is 5.82 Å².